The van der Waals surface area contributed by atoms with Crippen molar-refractivity contribution < 1.29 is 9.15 Å². The highest BCUT2D eigenvalue weighted by Gasteiger charge is 2.23. The number of likely N-dealkylation sites (tertiary alicyclic amines) is 1. The summed E-state index contributed by atoms with van der Waals surface area (Å²) in [5, 5.41) is 0. The summed E-state index contributed by atoms with van der Waals surface area (Å²) in [7, 11) is 0. The van der Waals surface area contributed by atoms with Crippen molar-refractivity contribution in [2.45, 2.75) is 26.7 Å². The van der Waals surface area contributed by atoms with Gasteiger partial charge in [0.25, 0.3) is 0 Å². The van der Waals surface area contributed by atoms with Gasteiger partial charge in [-0.3, -0.25) is 0 Å². The molecular weight excluding hydrogens is 224 g/mol. The average Bonchev–Trinajstić information content (AvgIpc) is 2.87. The minimum absolute atomic E-state index is 0.455. The number of aromatic nitrogens is 1. The molecule has 0 N–H and O–H groups in total. The van der Waals surface area contributed by atoms with E-state index in [1.165, 1.54) is 12.8 Å². The number of thiocarbonyl (C=S) groups is 1. The zero-order valence-electron chi connectivity index (χ0n) is 9.65. The summed E-state index contributed by atoms with van der Waals surface area (Å²) in [6.07, 6.45) is 2.39. The van der Waals surface area contributed by atoms with Gasteiger partial charge in [0.15, 0.2) is 11.6 Å². The van der Waals surface area contributed by atoms with Gasteiger partial charge < -0.3 is 14.1 Å². The van der Waals surface area contributed by atoms with Crippen LogP contribution in [0.2, 0.25) is 0 Å². The molecule has 0 saturated carbocycles. The van der Waals surface area contributed by atoms with Crippen LogP contribution in [0.15, 0.2) is 4.42 Å². The van der Waals surface area contributed by atoms with Gasteiger partial charge in [0.1, 0.15) is 4.99 Å². The lowest BCUT2D eigenvalue weighted by atomic mass is 10.4. The predicted molar refractivity (Wildman–Crippen MR) is 64.9 cm³/mol. The smallest absolute Gasteiger partial charge is 0.316 e. The topological polar surface area (TPSA) is 38.5 Å². The molecule has 0 spiro atoms. The van der Waals surface area contributed by atoms with E-state index < -0.39 is 0 Å². The van der Waals surface area contributed by atoms with Gasteiger partial charge >= 0.3 is 5.95 Å². The second-order valence-corrected chi connectivity index (χ2v) is 4.19. The number of oxazole rings is 1. The Morgan fingerprint density at radius 2 is 2.19 bits per heavy atom. The Bertz CT molecular complexity index is 383. The Kier molecular flexibility index (Phi) is 3.43. The van der Waals surface area contributed by atoms with Crippen molar-refractivity contribution in [2.24, 2.45) is 0 Å². The summed E-state index contributed by atoms with van der Waals surface area (Å²) in [5.74, 6) is 1.05. The van der Waals surface area contributed by atoms with Crippen LogP contribution < -0.4 is 4.74 Å². The Hall–Kier alpha value is -1.10. The second kappa shape index (κ2) is 4.82. The van der Waals surface area contributed by atoms with Crippen molar-refractivity contribution in [1.82, 2.24) is 9.88 Å². The minimum atomic E-state index is 0.455. The van der Waals surface area contributed by atoms with Crippen LogP contribution in [0.25, 0.3) is 0 Å². The van der Waals surface area contributed by atoms with Crippen LogP contribution in [0.5, 0.6) is 5.95 Å². The normalized spacial score (nSPS) is 15.5. The van der Waals surface area contributed by atoms with Crippen LogP contribution in [0.1, 0.15) is 31.4 Å². The Labute approximate surface area is 101 Å². The molecule has 0 atom stereocenters. The second-order valence-electron chi connectivity index (χ2n) is 3.80. The quantitative estimate of drug-likeness (QED) is 0.757. The molecular formula is C11H16N2O2S. The fourth-order valence-corrected chi connectivity index (χ4v) is 2.15. The van der Waals surface area contributed by atoms with E-state index in [0.717, 1.165) is 18.1 Å². The molecule has 88 valence electrons. The largest absolute Gasteiger partial charge is 0.464 e. The Morgan fingerprint density at radius 1 is 1.50 bits per heavy atom. The van der Waals surface area contributed by atoms with Crippen LogP contribution >= 0.6 is 12.2 Å². The van der Waals surface area contributed by atoms with Crippen LogP contribution in [0.4, 0.5) is 0 Å². The molecule has 2 rings (SSSR count). The highest BCUT2D eigenvalue weighted by molar-refractivity contribution is 7.80. The molecule has 1 aliphatic rings. The zero-order chi connectivity index (χ0) is 11.5. The lowest BCUT2D eigenvalue weighted by Crippen LogP contribution is -2.27. The molecule has 0 aromatic carbocycles. The summed E-state index contributed by atoms with van der Waals surface area (Å²) < 4.78 is 10.8. The van der Waals surface area contributed by atoms with Crippen LogP contribution in [0, 0.1) is 6.92 Å². The lowest BCUT2D eigenvalue weighted by Gasteiger charge is -2.16. The molecule has 1 saturated heterocycles. The number of rotatable bonds is 3. The van der Waals surface area contributed by atoms with Gasteiger partial charge in [-0.25, -0.2) is 4.98 Å². The lowest BCUT2D eigenvalue weighted by molar-refractivity contribution is 0.251. The maximum absolute atomic E-state index is 5.42. The van der Waals surface area contributed by atoms with Crippen LogP contribution in [-0.4, -0.2) is 34.6 Å². The first-order valence-corrected chi connectivity index (χ1v) is 6.02. The molecule has 1 aliphatic heterocycles. The van der Waals surface area contributed by atoms with Crippen molar-refractivity contribution in [1.29, 1.82) is 0 Å². The summed E-state index contributed by atoms with van der Waals surface area (Å²) in [6.45, 7) is 6.30. The molecule has 5 heteroatoms. The molecule has 0 radical (unpaired) electrons. The van der Waals surface area contributed by atoms with Crippen molar-refractivity contribution >= 4 is 17.2 Å². The number of hydrogen-bond acceptors (Lipinski definition) is 4. The third-order valence-electron chi connectivity index (χ3n) is 2.57. The van der Waals surface area contributed by atoms with Crippen LogP contribution in [0.3, 0.4) is 0 Å². The third-order valence-corrected chi connectivity index (χ3v) is 3.03. The van der Waals surface area contributed by atoms with Gasteiger partial charge in [-0.15, -0.1) is 0 Å². The number of hydrogen-bond donors (Lipinski definition) is 0. The Morgan fingerprint density at radius 3 is 2.81 bits per heavy atom. The molecule has 0 aliphatic carbocycles. The molecule has 16 heavy (non-hydrogen) atoms. The highest BCUT2D eigenvalue weighted by atomic mass is 32.1. The molecule has 1 fully saturated rings. The monoisotopic (exact) mass is 240 g/mol. The van der Waals surface area contributed by atoms with Gasteiger partial charge in [-0.1, -0.05) is 12.2 Å². The van der Waals surface area contributed by atoms with E-state index in [1.54, 1.807) is 6.92 Å². The molecule has 2 heterocycles. The minimum Gasteiger partial charge on any atom is -0.464 e. The zero-order valence-corrected chi connectivity index (χ0v) is 10.5. The molecule has 0 unspecified atom stereocenters. The van der Waals surface area contributed by atoms with Gasteiger partial charge in [0.05, 0.1) is 6.61 Å². The van der Waals surface area contributed by atoms with Crippen molar-refractivity contribution in [3.8, 4) is 5.95 Å². The van der Waals surface area contributed by atoms with E-state index >= 15 is 0 Å². The molecule has 1 aromatic rings. The summed E-state index contributed by atoms with van der Waals surface area (Å²) in [4.78, 5) is 7.21. The van der Waals surface area contributed by atoms with Crippen LogP contribution in [-0.2, 0) is 0 Å². The first kappa shape index (κ1) is 11.4. The van der Waals surface area contributed by atoms with E-state index in [2.05, 4.69) is 9.88 Å². The van der Waals surface area contributed by atoms with E-state index in [0.29, 0.717) is 24.1 Å². The predicted octanol–water partition coefficient (Wildman–Crippen LogP) is 2.15. The number of nitrogens with zero attached hydrogens (tertiary/aromatic N) is 2. The maximum atomic E-state index is 5.42. The van der Waals surface area contributed by atoms with E-state index in [1.807, 2.05) is 6.92 Å². The van der Waals surface area contributed by atoms with Gasteiger partial charge in [0, 0.05) is 20.0 Å². The summed E-state index contributed by atoms with van der Waals surface area (Å²) in [6, 6.07) is 0. The standard InChI is InChI=1S/C11H16N2O2S/c1-3-14-11-9(12-8(2)15-11)10(16)13-6-4-5-7-13/h3-7H2,1-2H3. The number of ether oxygens (including phenoxy) is 1. The molecule has 1 aromatic heterocycles. The average molecular weight is 240 g/mol. The maximum Gasteiger partial charge on any atom is 0.316 e. The third kappa shape index (κ3) is 2.19. The summed E-state index contributed by atoms with van der Waals surface area (Å²) >= 11 is 5.42. The molecule has 0 amide bonds. The SMILES string of the molecule is CCOc1oc(C)nc1C(=S)N1CCCC1. The van der Waals surface area contributed by atoms with Gasteiger partial charge in [-0.2, -0.15) is 0 Å². The first-order chi connectivity index (χ1) is 7.72. The van der Waals surface area contributed by atoms with E-state index in [4.69, 9.17) is 21.4 Å². The Balaban J connectivity index is 2.20. The number of aryl methyl sites for hydroxylation is 1. The molecule has 4 nitrogen and oxygen atoms in total. The fourth-order valence-electron chi connectivity index (χ4n) is 1.84. The van der Waals surface area contributed by atoms with E-state index in [-0.39, 0.29) is 0 Å². The van der Waals surface area contributed by atoms with Crippen molar-refractivity contribution in [2.75, 3.05) is 19.7 Å². The first-order valence-electron chi connectivity index (χ1n) is 5.62. The van der Waals surface area contributed by atoms with E-state index in [9.17, 15) is 0 Å². The van der Waals surface area contributed by atoms with Crippen molar-refractivity contribution in [3.05, 3.63) is 11.6 Å². The van der Waals surface area contributed by atoms with Gasteiger partial charge in [-0.05, 0) is 19.8 Å². The van der Waals surface area contributed by atoms with Gasteiger partial charge in [0.2, 0.25) is 0 Å². The molecule has 0 bridgehead atoms. The summed E-state index contributed by atoms with van der Waals surface area (Å²) in [5.41, 5.74) is 0.677. The van der Waals surface area contributed by atoms with Crippen molar-refractivity contribution in [3.63, 3.8) is 0 Å². The highest BCUT2D eigenvalue weighted by Crippen LogP contribution is 2.23. The fraction of sp³-hybridized carbons (Fsp3) is 0.636.